The van der Waals surface area contributed by atoms with Crippen LogP contribution in [0.15, 0.2) is 40.1 Å². The van der Waals surface area contributed by atoms with Crippen LogP contribution in [-0.2, 0) is 0 Å². The molecule has 2 fully saturated rings. The summed E-state index contributed by atoms with van der Waals surface area (Å²) in [6, 6.07) is 9.93. The number of carbonyl (C=O) groups is 2. The number of nitrogens with one attached hydrogen (secondary N) is 1. The lowest BCUT2D eigenvalue weighted by Gasteiger charge is -2.36. The van der Waals surface area contributed by atoms with Gasteiger partial charge in [0.15, 0.2) is 5.78 Å². The number of Topliss-reactive ketones (excluding diaryl/α,β-unsaturated/α-hetero) is 1. The number of amides is 1. The molecule has 1 amide bonds. The van der Waals surface area contributed by atoms with Crippen molar-refractivity contribution in [2.75, 3.05) is 32.7 Å². The average Bonchev–Trinajstić information content (AvgIpc) is 3.69. The largest absolute Gasteiger partial charge is 0.338 e. The quantitative estimate of drug-likeness (QED) is 0.347. The zero-order valence-electron chi connectivity index (χ0n) is 23.2. The van der Waals surface area contributed by atoms with Crippen molar-refractivity contribution in [3.8, 4) is 5.69 Å². The number of hydrogen-bond acceptors (Lipinski definition) is 6. The van der Waals surface area contributed by atoms with Gasteiger partial charge in [0.25, 0.3) is 11.5 Å². The second kappa shape index (κ2) is 11.4. The van der Waals surface area contributed by atoms with Crippen LogP contribution in [-0.4, -0.2) is 75.7 Å². The molecule has 5 rings (SSSR count). The molecular formula is C30H37N5O3S. The number of H-pyrrole nitrogens is 1. The minimum atomic E-state index is -0.193. The second-order valence-corrected chi connectivity index (χ2v) is 11.9. The number of aliphatic imine (C=N–C) groups is 1. The summed E-state index contributed by atoms with van der Waals surface area (Å²) in [5.41, 5.74) is 4.51. The topological polar surface area (TPSA) is 90.8 Å². The first-order valence-corrected chi connectivity index (χ1v) is 14.6. The highest BCUT2D eigenvalue weighted by Crippen LogP contribution is 2.25. The van der Waals surface area contributed by atoms with Crippen LogP contribution in [0.5, 0.6) is 0 Å². The fraction of sp³-hybridized carbons (Fsp3) is 0.467. The zero-order chi connectivity index (χ0) is 27.7. The molecule has 2 aliphatic rings. The lowest BCUT2D eigenvalue weighted by Crippen LogP contribution is -2.45. The molecule has 0 unspecified atom stereocenters. The summed E-state index contributed by atoms with van der Waals surface area (Å²) >= 11 is 1.23. The van der Waals surface area contributed by atoms with Gasteiger partial charge < -0.3 is 9.80 Å². The summed E-state index contributed by atoms with van der Waals surface area (Å²) in [6.07, 6.45) is 4.59. The highest BCUT2D eigenvalue weighted by atomic mass is 32.1. The van der Waals surface area contributed by atoms with Gasteiger partial charge in [0.1, 0.15) is 6.54 Å². The molecule has 39 heavy (non-hydrogen) atoms. The van der Waals surface area contributed by atoms with Crippen LogP contribution in [0.1, 0.15) is 74.3 Å². The van der Waals surface area contributed by atoms with Gasteiger partial charge in [-0.05, 0) is 102 Å². The third-order valence-corrected chi connectivity index (χ3v) is 9.26. The predicted molar refractivity (Wildman–Crippen MR) is 156 cm³/mol. The maximum Gasteiger partial charge on any atom is 0.280 e. The van der Waals surface area contributed by atoms with E-state index < -0.39 is 0 Å². The standard InChI is InChI=1S/C30H37N5O3S/c1-19-7-8-24(17-20(19)2)35-30(38)28(22(4)32-35)21(3)31-18-25(36)26-9-10-27(39-26)29(37)34-15-11-23(12-16-34)33-13-5-6-14-33/h7-10,17,23,32H,5-6,11-16,18H2,1-4H3. The molecule has 0 aliphatic carbocycles. The van der Waals surface area contributed by atoms with Crippen LogP contribution in [0, 0.1) is 20.8 Å². The summed E-state index contributed by atoms with van der Waals surface area (Å²) in [5, 5.41) is 3.14. The van der Waals surface area contributed by atoms with Crippen molar-refractivity contribution in [3.63, 3.8) is 0 Å². The van der Waals surface area contributed by atoms with Crippen LogP contribution in [0.4, 0.5) is 0 Å². The van der Waals surface area contributed by atoms with Gasteiger partial charge in [-0.25, -0.2) is 4.68 Å². The SMILES string of the molecule is CC(=NCC(=O)c1ccc(C(=O)N2CCC(N3CCCC3)CC2)s1)c1c(C)[nH]n(-c2ccc(C)c(C)c2)c1=O. The first kappa shape index (κ1) is 27.3. The van der Waals surface area contributed by atoms with Crippen LogP contribution in [0.2, 0.25) is 0 Å². The fourth-order valence-corrected chi connectivity index (χ4v) is 6.57. The summed E-state index contributed by atoms with van der Waals surface area (Å²) < 4.78 is 1.52. The van der Waals surface area contributed by atoms with E-state index in [1.165, 1.54) is 41.9 Å². The molecule has 0 radical (unpaired) electrons. The zero-order valence-corrected chi connectivity index (χ0v) is 24.1. The molecular weight excluding hydrogens is 510 g/mol. The molecule has 206 valence electrons. The first-order valence-electron chi connectivity index (χ1n) is 13.8. The van der Waals surface area contributed by atoms with E-state index in [1.54, 1.807) is 19.1 Å². The second-order valence-electron chi connectivity index (χ2n) is 10.8. The highest BCUT2D eigenvalue weighted by molar-refractivity contribution is 7.16. The van der Waals surface area contributed by atoms with Gasteiger partial charge in [-0.1, -0.05) is 6.07 Å². The Morgan fingerprint density at radius 2 is 1.67 bits per heavy atom. The smallest absolute Gasteiger partial charge is 0.280 e. The van der Waals surface area contributed by atoms with E-state index in [4.69, 9.17) is 0 Å². The number of ketones is 1. The van der Waals surface area contributed by atoms with Crippen molar-refractivity contribution in [2.24, 2.45) is 4.99 Å². The molecule has 2 aliphatic heterocycles. The number of aromatic amines is 1. The van der Waals surface area contributed by atoms with Crippen molar-refractivity contribution in [3.05, 3.63) is 72.8 Å². The van der Waals surface area contributed by atoms with Gasteiger partial charge >= 0.3 is 0 Å². The van der Waals surface area contributed by atoms with Crippen LogP contribution in [0.3, 0.4) is 0 Å². The number of nitrogens with zero attached hydrogens (tertiary/aromatic N) is 4. The maximum absolute atomic E-state index is 13.2. The van der Waals surface area contributed by atoms with E-state index in [1.807, 2.05) is 43.9 Å². The number of likely N-dealkylation sites (tertiary alicyclic amines) is 2. The number of hydrogen-bond donors (Lipinski definition) is 1. The van der Waals surface area contributed by atoms with Gasteiger partial charge in [0, 0.05) is 30.5 Å². The summed E-state index contributed by atoms with van der Waals surface area (Å²) in [7, 11) is 0. The third-order valence-electron chi connectivity index (χ3n) is 8.14. The normalized spacial score (nSPS) is 17.2. The van der Waals surface area contributed by atoms with Crippen LogP contribution >= 0.6 is 11.3 Å². The van der Waals surface area contributed by atoms with Gasteiger partial charge in [0.2, 0.25) is 0 Å². The third kappa shape index (κ3) is 5.70. The Hall–Kier alpha value is -3.30. The monoisotopic (exact) mass is 547 g/mol. The molecule has 4 heterocycles. The van der Waals surface area contributed by atoms with Crippen molar-refractivity contribution in [1.82, 2.24) is 19.6 Å². The molecule has 1 aromatic carbocycles. The molecule has 2 aromatic heterocycles. The van der Waals surface area contributed by atoms with Gasteiger partial charge in [-0.2, -0.15) is 0 Å². The lowest BCUT2D eigenvalue weighted by molar-refractivity contribution is 0.0649. The molecule has 9 heteroatoms. The summed E-state index contributed by atoms with van der Waals surface area (Å²) in [4.78, 5) is 49.3. The Balaban J connectivity index is 1.22. The number of rotatable bonds is 7. The number of benzene rings is 1. The Bertz CT molecular complexity index is 1470. The fourth-order valence-electron chi connectivity index (χ4n) is 5.67. The number of aryl methyl sites for hydroxylation is 3. The summed E-state index contributed by atoms with van der Waals surface area (Å²) in [5.74, 6) is -0.151. The van der Waals surface area contributed by atoms with E-state index in [0.29, 0.717) is 32.8 Å². The first-order chi connectivity index (χ1) is 18.7. The summed E-state index contributed by atoms with van der Waals surface area (Å²) in [6.45, 7) is 11.5. The van der Waals surface area contributed by atoms with E-state index in [-0.39, 0.29) is 23.8 Å². The average molecular weight is 548 g/mol. The molecule has 0 bridgehead atoms. The molecule has 3 aromatic rings. The van der Waals surface area contributed by atoms with E-state index in [9.17, 15) is 14.4 Å². The Labute approximate surface area is 233 Å². The molecule has 0 atom stereocenters. The van der Waals surface area contributed by atoms with E-state index in [0.717, 1.165) is 42.7 Å². The molecule has 1 N–H and O–H groups in total. The van der Waals surface area contributed by atoms with Gasteiger partial charge in [-0.15, -0.1) is 11.3 Å². The Morgan fingerprint density at radius 3 is 2.36 bits per heavy atom. The minimum absolute atomic E-state index is 0.00782. The molecule has 0 saturated carbocycles. The number of carbonyl (C=O) groups excluding carboxylic acids is 2. The highest BCUT2D eigenvalue weighted by Gasteiger charge is 2.29. The van der Waals surface area contributed by atoms with Gasteiger partial charge in [0.05, 0.1) is 21.0 Å². The van der Waals surface area contributed by atoms with Crippen molar-refractivity contribution >= 4 is 28.7 Å². The Morgan fingerprint density at radius 1 is 0.974 bits per heavy atom. The molecule has 0 spiro atoms. The number of piperidine rings is 1. The predicted octanol–water partition coefficient (Wildman–Crippen LogP) is 4.54. The lowest BCUT2D eigenvalue weighted by atomic mass is 10.0. The number of aromatic nitrogens is 2. The minimum Gasteiger partial charge on any atom is -0.338 e. The van der Waals surface area contributed by atoms with Crippen molar-refractivity contribution in [1.29, 1.82) is 0 Å². The van der Waals surface area contributed by atoms with E-state index >= 15 is 0 Å². The van der Waals surface area contributed by atoms with Crippen LogP contribution in [0.25, 0.3) is 5.69 Å². The molecule has 8 nitrogen and oxygen atoms in total. The van der Waals surface area contributed by atoms with E-state index in [2.05, 4.69) is 15.0 Å². The van der Waals surface area contributed by atoms with Crippen molar-refractivity contribution in [2.45, 2.75) is 59.4 Å². The Kier molecular flexibility index (Phi) is 8.00. The van der Waals surface area contributed by atoms with Gasteiger partial charge in [-0.3, -0.25) is 24.5 Å². The van der Waals surface area contributed by atoms with Crippen LogP contribution < -0.4 is 5.56 Å². The van der Waals surface area contributed by atoms with Crippen molar-refractivity contribution < 1.29 is 9.59 Å². The molecule has 2 saturated heterocycles. The maximum atomic E-state index is 13.2. The number of thiophene rings is 1.